The van der Waals surface area contributed by atoms with E-state index < -0.39 is 60.5 Å². The zero-order valence-corrected chi connectivity index (χ0v) is 22.7. The minimum atomic E-state index is -1.60. The van der Waals surface area contributed by atoms with Gasteiger partial charge < -0.3 is 38.1 Å². The number of hydrogen-bond acceptors (Lipinski definition) is 13. The molecule has 218 valence electrons. The maximum absolute atomic E-state index is 13.7. The number of nitrogens with zero attached hydrogens (tertiary/aromatic N) is 2. The fourth-order valence-electron chi connectivity index (χ4n) is 4.83. The molecule has 3 aliphatic heterocycles. The molecule has 14 heteroatoms. The Morgan fingerprint density at radius 3 is 1.95 bits per heavy atom. The van der Waals surface area contributed by atoms with E-state index >= 15 is 0 Å². The van der Waals surface area contributed by atoms with Crippen LogP contribution in [0.4, 0.5) is 0 Å². The second-order valence-corrected chi connectivity index (χ2v) is 9.55. The summed E-state index contributed by atoms with van der Waals surface area (Å²) in [5.74, 6) is -2.36. The molecule has 0 saturated carbocycles. The molecular weight excluding hydrogens is 532 g/mol. The van der Waals surface area contributed by atoms with Gasteiger partial charge in [0, 0.05) is 60.4 Å². The largest absolute Gasteiger partial charge is 0.455 e. The van der Waals surface area contributed by atoms with Gasteiger partial charge in [0.1, 0.15) is 0 Å². The van der Waals surface area contributed by atoms with Crippen molar-refractivity contribution >= 4 is 29.8 Å². The first kappa shape index (κ1) is 29.1. The summed E-state index contributed by atoms with van der Waals surface area (Å²) in [7, 11) is 0. The highest BCUT2D eigenvalue weighted by molar-refractivity contribution is 5.83. The quantitative estimate of drug-likeness (QED) is 0.326. The average molecular weight is 565 g/mol. The maximum Gasteiger partial charge on any atom is 0.305 e. The Hall–Kier alpha value is -3.91. The lowest BCUT2D eigenvalue weighted by Crippen LogP contribution is -2.66. The third-order valence-electron chi connectivity index (χ3n) is 6.45. The van der Waals surface area contributed by atoms with Gasteiger partial charge in [-0.1, -0.05) is 6.07 Å². The fraction of sp³-hybridized carbons (Fsp3) is 0.577. The molecule has 0 aliphatic carbocycles. The number of esters is 4. The summed E-state index contributed by atoms with van der Waals surface area (Å²) in [6.07, 6.45) is -7.55. The van der Waals surface area contributed by atoms with Gasteiger partial charge in [-0.05, 0) is 17.7 Å². The molecule has 14 nitrogen and oxygen atoms in total. The SMILES string of the molecule is CC(=O)O[C@@H]1O[C@H](C(=O)N2CCN(Cc3ccc4c(c3)OCO4)CC2)[C@@H](OC(C)=O)[C@H](OC(C)=O)[C@H]1OC(C)=O. The van der Waals surface area contributed by atoms with E-state index in [4.69, 9.17) is 33.2 Å². The fourth-order valence-corrected chi connectivity index (χ4v) is 4.83. The van der Waals surface area contributed by atoms with E-state index in [0.29, 0.717) is 44.2 Å². The number of amides is 1. The maximum atomic E-state index is 13.7. The highest BCUT2D eigenvalue weighted by Crippen LogP contribution is 2.33. The van der Waals surface area contributed by atoms with Crippen LogP contribution in [-0.2, 0) is 54.2 Å². The lowest BCUT2D eigenvalue weighted by Gasteiger charge is -2.45. The second-order valence-electron chi connectivity index (χ2n) is 9.55. The number of fused-ring (bicyclic) bond motifs is 1. The zero-order valence-electron chi connectivity index (χ0n) is 22.7. The van der Waals surface area contributed by atoms with Crippen LogP contribution in [0.3, 0.4) is 0 Å². The van der Waals surface area contributed by atoms with Crippen LogP contribution in [0.1, 0.15) is 33.3 Å². The van der Waals surface area contributed by atoms with Crippen molar-refractivity contribution in [2.45, 2.75) is 64.9 Å². The monoisotopic (exact) mass is 564 g/mol. The molecule has 2 saturated heterocycles. The average Bonchev–Trinajstić information content (AvgIpc) is 3.34. The van der Waals surface area contributed by atoms with Gasteiger partial charge in [-0.2, -0.15) is 0 Å². The second kappa shape index (κ2) is 12.5. The standard InChI is InChI=1S/C26H32N2O12/c1-14(29)36-21-22(37-15(2)30)24(38-16(3)31)26(39-17(4)32)40-23(21)25(33)28-9-7-27(8-10-28)12-18-5-6-19-20(11-18)35-13-34-19/h5-6,11,21-24,26H,7-10,12-13H2,1-4H3/t21-,22-,23-,24+,26+/m0/s1. The minimum Gasteiger partial charge on any atom is -0.455 e. The summed E-state index contributed by atoms with van der Waals surface area (Å²) >= 11 is 0. The van der Waals surface area contributed by atoms with Crippen LogP contribution in [0.25, 0.3) is 0 Å². The lowest BCUT2D eigenvalue weighted by atomic mass is 9.96. The van der Waals surface area contributed by atoms with Crippen molar-refractivity contribution in [2.75, 3.05) is 33.0 Å². The van der Waals surface area contributed by atoms with Crippen molar-refractivity contribution in [1.82, 2.24) is 9.80 Å². The summed E-state index contributed by atoms with van der Waals surface area (Å²) in [4.78, 5) is 65.0. The van der Waals surface area contributed by atoms with Crippen LogP contribution >= 0.6 is 0 Å². The molecule has 40 heavy (non-hydrogen) atoms. The first-order chi connectivity index (χ1) is 19.0. The molecule has 1 aromatic carbocycles. The molecule has 0 spiro atoms. The third-order valence-corrected chi connectivity index (χ3v) is 6.45. The van der Waals surface area contributed by atoms with Gasteiger partial charge >= 0.3 is 23.9 Å². The number of benzene rings is 1. The normalized spacial score (nSPS) is 26.0. The van der Waals surface area contributed by atoms with Crippen molar-refractivity contribution in [2.24, 2.45) is 0 Å². The van der Waals surface area contributed by atoms with E-state index in [-0.39, 0.29) is 6.79 Å². The Kier molecular flexibility index (Phi) is 9.10. The number of carbonyl (C=O) groups is 5. The van der Waals surface area contributed by atoms with Gasteiger partial charge in [0.2, 0.25) is 19.2 Å². The zero-order chi connectivity index (χ0) is 29.0. The molecule has 5 atom stereocenters. The molecule has 2 fully saturated rings. The Bertz CT molecular complexity index is 1150. The number of carbonyl (C=O) groups excluding carboxylic acids is 5. The topological polar surface area (TPSA) is 156 Å². The van der Waals surface area contributed by atoms with Gasteiger partial charge in [-0.15, -0.1) is 0 Å². The lowest BCUT2D eigenvalue weighted by molar-refractivity contribution is -0.292. The Labute approximate surface area is 230 Å². The van der Waals surface area contributed by atoms with Crippen molar-refractivity contribution < 1.29 is 57.1 Å². The highest BCUT2D eigenvalue weighted by atomic mass is 16.7. The minimum absolute atomic E-state index is 0.190. The van der Waals surface area contributed by atoms with Crippen LogP contribution in [0.5, 0.6) is 11.5 Å². The van der Waals surface area contributed by atoms with E-state index in [1.54, 1.807) is 0 Å². The summed E-state index contributed by atoms with van der Waals surface area (Å²) in [5.41, 5.74) is 1.03. The summed E-state index contributed by atoms with van der Waals surface area (Å²) in [6, 6.07) is 5.73. The number of piperazine rings is 1. The van der Waals surface area contributed by atoms with Gasteiger partial charge in [0.25, 0.3) is 5.91 Å². The molecule has 0 unspecified atom stereocenters. The molecule has 1 amide bonds. The summed E-state index contributed by atoms with van der Waals surface area (Å²) in [5, 5.41) is 0. The predicted molar refractivity (Wildman–Crippen MR) is 132 cm³/mol. The van der Waals surface area contributed by atoms with E-state index in [1.165, 1.54) is 4.90 Å². The molecular formula is C26H32N2O12. The summed E-state index contributed by atoms with van der Waals surface area (Å²) < 4.78 is 37.7. The van der Waals surface area contributed by atoms with Gasteiger partial charge in [0.15, 0.2) is 29.8 Å². The number of rotatable bonds is 7. The molecule has 0 aromatic heterocycles. The van der Waals surface area contributed by atoms with Crippen molar-refractivity contribution in [3.63, 3.8) is 0 Å². The van der Waals surface area contributed by atoms with Crippen molar-refractivity contribution in [3.8, 4) is 11.5 Å². The van der Waals surface area contributed by atoms with Crippen LogP contribution in [0.15, 0.2) is 18.2 Å². The number of hydrogen-bond donors (Lipinski definition) is 0. The number of ether oxygens (including phenoxy) is 7. The molecule has 0 radical (unpaired) electrons. The third kappa shape index (κ3) is 6.99. The van der Waals surface area contributed by atoms with Crippen LogP contribution in [0, 0.1) is 0 Å². The van der Waals surface area contributed by atoms with Crippen LogP contribution in [0.2, 0.25) is 0 Å². The molecule has 3 heterocycles. The van der Waals surface area contributed by atoms with Gasteiger partial charge in [-0.3, -0.25) is 28.9 Å². The molecule has 3 aliphatic rings. The van der Waals surface area contributed by atoms with Gasteiger partial charge in [0.05, 0.1) is 0 Å². The molecule has 0 N–H and O–H groups in total. The molecule has 0 bridgehead atoms. The van der Waals surface area contributed by atoms with Crippen LogP contribution in [-0.4, -0.2) is 103 Å². The first-order valence-corrected chi connectivity index (χ1v) is 12.8. The van der Waals surface area contributed by atoms with Crippen molar-refractivity contribution in [3.05, 3.63) is 23.8 Å². The van der Waals surface area contributed by atoms with Crippen molar-refractivity contribution in [1.29, 1.82) is 0 Å². The Morgan fingerprint density at radius 1 is 0.750 bits per heavy atom. The van der Waals surface area contributed by atoms with E-state index in [2.05, 4.69) is 4.90 Å². The first-order valence-electron chi connectivity index (χ1n) is 12.8. The van der Waals surface area contributed by atoms with Crippen LogP contribution < -0.4 is 9.47 Å². The van der Waals surface area contributed by atoms with E-state index in [9.17, 15) is 24.0 Å². The Balaban J connectivity index is 1.50. The predicted octanol–water partition coefficient (Wildman–Crippen LogP) is 0.143. The summed E-state index contributed by atoms with van der Waals surface area (Å²) in [6.45, 7) is 6.92. The van der Waals surface area contributed by atoms with E-state index in [1.807, 2.05) is 18.2 Å². The Morgan fingerprint density at radius 2 is 1.32 bits per heavy atom. The highest BCUT2D eigenvalue weighted by Gasteiger charge is 2.56. The molecule has 4 rings (SSSR count). The molecule has 1 aromatic rings. The smallest absolute Gasteiger partial charge is 0.305 e. The van der Waals surface area contributed by atoms with Gasteiger partial charge in [-0.25, -0.2) is 0 Å². The van der Waals surface area contributed by atoms with E-state index in [0.717, 1.165) is 33.3 Å².